The van der Waals surface area contributed by atoms with E-state index in [1.165, 1.54) is 24.3 Å². The third-order valence-electron chi connectivity index (χ3n) is 3.79. The van der Waals surface area contributed by atoms with Crippen molar-refractivity contribution in [2.45, 2.75) is 0 Å². The van der Waals surface area contributed by atoms with E-state index in [1.54, 1.807) is 12.1 Å². The lowest BCUT2D eigenvalue weighted by atomic mass is 10.1. The van der Waals surface area contributed by atoms with Gasteiger partial charge in [-0.15, -0.1) is 0 Å². The number of carbonyl (C=O) groups excluding carboxylic acids is 1. The number of benzene rings is 2. The van der Waals surface area contributed by atoms with Crippen LogP contribution < -0.4 is 9.47 Å². The van der Waals surface area contributed by atoms with Crippen molar-refractivity contribution in [3.8, 4) is 11.5 Å². The van der Waals surface area contributed by atoms with Gasteiger partial charge < -0.3 is 14.2 Å². The van der Waals surface area contributed by atoms with Crippen LogP contribution in [0.5, 0.6) is 11.5 Å². The van der Waals surface area contributed by atoms with E-state index in [4.69, 9.17) is 37.4 Å². The van der Waals surface area contributed by atoms with Gasteiger partial charge in [0.05, 0.1) is 9.95 Å². The molecule has 0 fully saturated rings. The van der Waals surface area contributed by atoms with E-state index in [0.29, 0.717) is 22.1 Å². The van der Waals surface area contributed by atoms with Gasteiger partial charge in [0.2, 0.25) is 12.7 Å². The molecule has 0 atom stereocenters. The molecule has 0 aromatic heterocycles. The molecule has 27 heavy (non-hydrogen) atoms. The molecule has 0 aliphatic carbocycles. The van der Waals surface area contributed by atoms with Crippen molar-refractivity contribution in [3.63, 3.8) is 0 Å². The summed E-state index contributed by atoms with van der Waals surface area (Å²) >= 11 is 12.0. The molecule has 10 heteroatoms. The minimum absolute atomic E-state index is 0.0108. The molecule has 136 valence electrons. The van der Waals surface area contributed by atoms with Gasteiger partial charge in [0.1, 0.15) is 5.02 Å². The van der Waals surface area contributed by atoms with Crippen molar-refractivity contribution in [3.05, 3.63) is 67.3 Å². The van der Waals surface area contributed by atoms with Crippen LogP contribution in [0, 0.1) is 10.1 Å². The largest absolute Gasteiger partial charge is 0.454 e. The molecule has 0 spiro atoms. The Kier molecular flexibility index (Phi) is 4.21. The van der Waals surface area contributed by atoms with Crippen molar-refractivity contribution in [2.75, 3.05) is 6.79 Å². The predicted octanol–water partition coefficient (Wildman–Crippen LogP) is 3.97. The van der Waals surface area contributed by atoms with E-state index < -0.39 is 10.9 Å². The van der Waals surface area contributed by atoms with Gasteiger partial charge in [-0.1, -0.05) is 23.2 Å². The highest BCUT2D eigenvalue weighted by Gasteiger charge is 2.27. The number of esters is 1. The molecular weight excluding hydrogens is 399 g/mol. The lowest BCUT2D eigenvalue weighted by Gasteiger charge is -2.01. The molecule has 0 unspecified atom stereocenters. The lowest BCUT2D eigenvalue weighted by Crippen LogP contribution is -2.06. The fourth-order valence-electron chi connectivity index (χ4n) is 2.51. The van der Waals surface area contributed by atoms with E-state index in [9.17, 15) is 14.9 Å². The topological polar surface area (TPSA) is 100 Å². The maximum absolute atomic E-state index is 12.1. The number of nitrogens with zero attached hydrogens (tertiary/aromatic N) is 2. The Bertz CT molecular complexity index is 1060. The summed E-state index contributed by atoms with van der Waals surface area (Å²) in [5.41, 5.74) is 0.409. The average molecular weight is 407 g/mol. The molecular formula is C17H8Cl2N2O6. The Morgan fingerprint density at radius 1 is 1.11 bits per heavy atom. The molecule has 0 saturated heterocycles. The Balaban J connectivity index is 1.71. The van der Waals surface area contributed by atoms with Crippen LogP contribution in [0.1, 0.15) is 11.1 Å². The Hall–Kier alpha value is -3.10. The minimum atomic E-state index is -0.712. The van der Waals surface area contributed by atoms with Crippen LogP contribution in [0.2, 0.25) is 10.0 Å². The minimum Gasteiger partial charge on any atom is -0.454 e. The Morgan fingerprint density at radius 2 is 1.85 bits per heavy atom. The zero-order valence-electron chi connectivity index (χ0n) is 13.3. The summed E-state index contributed by atoms with van der Waals surface area (Å²) in [6, 6.07) is 7.18. The first-order valence-corrected chi connectivity index (χ1v) is 8.24. The normalized spacial score (nSPS) is 16.4. The van der Waals surface area contributed by atoms with Crippen LogP contribution >= 0.6 is 23.2 Å². The third kappa shape index (κ3) is 3.20. The van der Waals surface area contributed by atoms with Gasteiger partial charge in [0, 0.05) is 17.7 Å². The summed E-state index contributed by atoms with van der Waals surface area (Å²) in [5, 5.41) is 11.3. The number of aliphatic imine (C=N–C) groups is 1. The van der Waals surface area contributed by atoms with E-state index >= 15 is 0 Å². The number of halogens is 2. The lowest BCUT2D eigenvalue weighted by molar-refractivity contribution is -0.384. The smallest absolute Gasteiger partial charge is 0.363 e. The summed E-state index contributed by atoms with van der Waals surface area (Å²) in [6.45, 7) is 0.0887. The Labute approximate surface area is 161 Å². The zero-order chi connectivity index (χ0) is 19.1. The second kappa shape index (κ2) is 6.57. The molecule has 2 aromatic carbocycles. The fourth-order valence-corrected chi connectivity index (χ4v) is 2.90. The molecule has 2 aliphatic heterocycles. The number of hydrogen-bond donors (Lipinski definition) is 0. The summed E-state index contributed by atoms with van der Waals surface area (Å²) < 4.78 is 15.6. The first-order valence-electron chi connectivity index (χ1n) is 7.48. The standard InChI is InChI=1S/C17H8Cl2N2O6/c18-10-2-1-8(4-13(10)21(23)24)16-20-12(17(22)27-16)3-9-5-14-15(6-11(9)19)26-7-25-14/h1-6H,7H2/b12-3-. The van der Waals surface area contributed by atoms with Gasteiger partial charge in [-0.3, -0.25) is 10.1 Å². The molecule has 2 heterocycles. The maximum Gasteiger partial charge on any atom is 0.363 e. The summed E-state index contributed by atoms with van der Waals surface area (Å²) in [6.07, 6.45) is 1.43. The third-order valence-corrected chi connectivity index (χ3v) is 4.44. The second-order valence-corrected chi connectivity index (χ2v) is 6.30. The van der Waals surface area contributed by atoms with E-state index in [0.717, 1.165) is 0 Å². The number of nitro benzene ring substituents is 1. The molecule has 0 amide bonds. The second-order valence-electron chi connectivity index (χ2n) is 5.49. The number of fused-ring (bicyclic) bond motifs is 1. The van der Waals surface area contributed by atoms with Crippen LogP contribution in [-0.4, -0.2) is 23.6 Å². The van der Waals surface area contributed by atoms with Crippen LogP contribution in [0.4, 0.5) is 5.69 Å². The first-order chi connectivity index (χ1) is 12.9. The van der Waals surface area contributed by atoms with E-state index in [-0.39, 0.29) is 34.7 Å². The highest BCUT2D eigenvalue weighted by atomic mass is 35.5. The SMILES string of the molecule is O=C1OC(c2ccc(Cl)c([N+](=O)[O-])c2)=N/C1=C\c1cc2c(cc1Cl)OCO2. The van der Waals surface area contributed by atoms with E-state index in [2.05, 4.69) is 4.99 Å². The summed E-state index contributed by atoms with van der Waals surface area (Å²) in [5.74, 6) is 0.225. The zero-order valence-corrected chi connectivity index (χ0v) is 14.8. The average Bonchev–Trinajstić information content (AvgIpc) is 3.22. The molecule has 2 aromatic rings. The van der Waals surface area contributed by atoms with Crippen LogP contribution in [0.3, 0.4) is 0 Å². The van der Waals surface area contributed by atoms with Crippen LogP contribution in [-0.2, 0) is 9.53 Å². The van der Waals surface area contributed by atoms with E-state index in [1.807, 2.05) is 0 Å². The summed E-state index contributed by atoms with van der Waals surface area (Å²) in [4.78, 5) is 26.6. The van der Waals surface area contributed by atoms with Crippen LogP contribution in [0.25, 0.3) is 6.08 Å². The number of cyclic esters (lactones) is 1. The van der Waals surface area contributed by atoms with Crippen molar-refractivity contribution < 1.29 is 23.9 Å². The van der Waals surface area contributed by atoms with Crippen molar-refractivity contribution in [1.29, 1.82) is 0 Å². The quantitative estimate of drug-likeness (QED) is 0.330. The molecule has 8 nitrogen and oxygen atoms in total. The number of carbonyl (C=O) groups is 1. The van der Waals surface area contributed by atoms with Crippen molar-refractivity contribution in [1.82, 2.24) is 0 Å². The van der Waals surface area contributed by atoms with Gasteiger partial charge in [-0.05, 0) is 29.8 Å². The number of hydrogen-bond acceptors (Lipinski definition) is 7. The van der Waals surface area contributed by atoms with Gasteiger partial charge in [-0.2, -0.15) is 0 Å². The van der Waals surface area contributed by atoms with Crippen LogP contribution in [0.15, 0.2) is 41.0 Å². The first kappa shape index (κ1) is 17.3. The number of ether oxygens (including phenoxy) is 3. The highest BCUT2D eigenvalue weighted by Crippen LogP contribution is 2.38. The molecule has 0 bridgehead atoms. The summed E-state index contributed by atoms with van der Waals surface area (Å²) in [7, 11) is 0. The molecule has 0 saturated carbocycles. The molecule has 0 radical (unpaired) electrons. The monoisotopic (exact) mass is 406 g/mol. The molecule has 0 N–H and O–H groups in total. The van der Waals surface area contributed by atoms with Gasteiger partial charge >= 0.3 is 5.97 Å². The van der Waals surface area contributed by atoms with Gasteiger partial charge in [0.25, 0.3) is 5.69 Å². The number of nitro groups is 1. The molecule has 2 aliphatic rings. The molecule has 4 rings (SSSR count). The maximum atomic E-state index is 12.1. The Morgan fingerprint density at radius 3 is 2.59 bits per heavy atom. The highest BCUT2D eigenvalue weighted by molar-refractivity contribution is 6.33. The van der Waals surface area contributed by atoms with Gasteiger partial charge in [-0.25, -0.2) is 9.79 Å². The number of rotatable bonds is 3. The fraction of sp³-hybridized carbons (Fsp3) is 0.0588. The predicted molar refractivity (Wildman–Crippen MR) is 96.3 cm³/mol. The van der Waals surface area contributed by atoms with Crippen molar-refractivity contribution in [2.24, 2.45) is 4.99 Å². The van der Waals surface area contributed by atoms with Gasteiger partial charge in [0.15, 0.2) is 17.2 Å². The van der Waals surface area contributed by atoms with Crippen molar-refractivity contribution >= 4 is 46.8 Å².